The van der Waals surface area contributed by atoms with Gasteiger partial charge in [0.2, 0.25) is 0 Å². The van der Waals surface area contributed by atoms with Crippen LogP contribution in [0.15, 0.2) is 12.1 Å². The number of carbonyl (C=O) groups is 1. The molecule has 3 heterocycles. The summed E-state index contributed by atoms with van der Waals surface area (Å²) in [4.78, 5) is 15.3. The number of amides is 1. The summed E-state index contributed by atoms with van der Waals surface area (Å²) in [6, 6.07) is 5.09. The first-order chi connectivity index (χ1) is 11.3. The number of ether oxygens (including phenoxy) is 1. The van der Waals surface area contributed by atoms with Crippen molar-refractivity contribution in [3.8, 4) is 5.75 Å². The van der Waals surface area contributed by atoms with E-state index in [1.807, 2.05) is 19.9 Å². The van der Waals surface area contributed by atoms with Crippen LogP contribution in [0.5, 0.6) is 5.75 Å². The van der Waals surface area contributed by atoms with Gasteiger partial charge in [-0.1, -0.05) is 11.6 Å². The van der Waals surface area contributed by atoms with Crippen LogP contribution in [0, 0.1) is 0 Å². The first kappa shape index (κ1) is 16.2. The van der Waals surface area contributed by atoms with Gasteiger partial charge in [-0.05, 0) is 58.7 Å². The van der Waals surface area contributed by atoms with Gasteiger partial charge in [0.05, 0.1) is 5.56 Å². The fourth-order valence-electron chi connectivity index (χ4n) is 4.59. The van der Waals surface area contributed by atoms with Crippen LogP contribution in [0.2, 0.25) is 5.02 Å². The minimum absolute atomic E-state index is 0.0328. The minimum atomic E-state index is -0.311. The van der Waals surface area contributed by atoms with Crippen LogP contribution in [-0.2, 0) is 6.42 Å². The zero-order valence-corrected chi connectivity index (χ0v) is 15.3. The van der Waals surface area contributed by atoms with E-state index in [1.54, 1.807) is 6.07 Å². The van der Waals surface area contributed by atoms with Crippen molar-refractivity contribution >= 4 is 17.5 Å². The van der Waals surface area contributed by atoms with Gasteiger partial charge in [0.1, 0.15) is 11.4 Å². The Hall–Kier alpha value is -1.26. The van der Waals surface area contributed by atoms with Crippen molar-refractivity contribution in [1.29, 1.82) is 0 Å². The maximum Gasteiger partial charge on any atom is 0.255 e. The lowest BCUT2D eigenvalue weighted by atomic mass is 9.97. The molecule has 2 unspecified atom stereocenters. The van der Waals surface area contributed by atoms with E-state index >= 15 is 0 Å². The molecule has 0 aromatic heterocycles. The molecule has 0 aliphatic carbocycles. The maximum atomic E-state index is 12.9. The lowest BCUT2D eigenvalue weighted by Crippen LogP contribution is -2.48. The summed E-state index contributed by atoms with van der Waals surface area (Å²) in [5, 5.41) is 3.93. The molecule has 2 fully saturated rings. The number of fused-ring (bicyclic) bond motifs is 3. The summed E-state index contributed by atoms with van der Waals surface area (Å²) < 4.78 is 6.03. The van der Waals surface area contributed by atoms with Crippen molar-refractivity contribution in [2.45, 2.75) is 69.7 Å². The largest absolute Gasteiger partial charge is 0.486 e. The highest BCUT2D eigenvalue weighted by atomic mass is 35.5. The van der Waals surface area contributed by atoms with Gasteiger partial charge < -0.3 is 15.0 Å². The Balaban J connectivity index is 1.53. The highest BCUT2D eigenvalue weighted by Gasteiger charge is 2.40. The van der Waals surface area contributed by atoms with Crippen LogP contribution in [-0.4, -0.2) is 41.6 Å². The Labute approximate surface area is 148 Å². The Morgan fingerprint density at radius 2 is 1.96 bits per heavy atom. The average Bonchev–Trinajstić information content (AvgIpc) is 2.91. The Bertz CT molecular complexity index is 674. The molecule has 2 bridgehead atoms. The summed E-state index contributed by atoms with van der Waals surface area (Å²) in [5.41, 5.74) is 1.26. The third-order valence-electron chi connectivity index (χ3n) is 5.86. The molecule has 4 rings (SSSR count). The van der Waals surface area contributed by atoms with Gasteiger partial charge in [-0.2, -0.15) is 0 Å². The number of halogens is 1. The number of rotatable bonds is 2. The zero-order valence-electron chi connectivity index (χ0n) is 14.6. The lowest BCUT2D eigenvalue weighted by molar-refractivity contribution is 0.0870. The molecule has 2 saturated heterocycles. The first-order valence-electron chi connectivity index (χ1n) is 8.87. The number of hydrogen-bond acceptors (Lipinski definition) is 3. The molecule has 1 N–H and O–H groups in total. The third-order valence-corrected chi connectivity index (χ3v) is 6.22. The van der Waals surface area contributed by atoms with Crippen molar-refractivity contribution < 1.29 is 9.53 Å². The highest BCUT2D eigenvalue weighted by Crippen LogP contribution is 2.42. The van der Waals surface area contributed by atoms with Gasteiger partial charge in [0.15, 0.2) is 0 Å². The molecule has 130 valence electrons. The van der Waals surface area contributed by atoms with Gasteiger partial charge in [0, 0.05) is 35.1 Å². The lowest BCUT2D eigenvalue weighted by Gasteiger charge is -2.36. The van der Waals surface area contributed by atoms with Crippen LogP contribution in [0.4, 0.5) is 0 Å². The van der Waals surface area contributed by atoms with E-state index in [2.05, 4.69) is 17.3 Å². The van der Waals surface area contributed by atoms with E-state index in [4.69, 9.17) is 16.3 Å². The fourth-order valence-corrected chi connectivity index (χ4v) is 4.81. The van der Waals surface area contributed by atoms with E-state index < -0.39 is 0 Å². The molecule has 3 aliphatic heterocycles. The number of benzene rings is 1. The molecule has 24 heavy (non-hydrogen) atoms. The average molecular weight is 349 g/mol. The van der Waals surface area contributed by atoms with Gasteiger partial charge >= 0.3 is 0 Å². The summed E-state index contributed by atoms with van der Waals surface area (Å²) >= 11 is 6.31. The highest BCUT2D eigenvalue weighted by molar-refractivity contribution is 6.31. The second-order valence-corrected chi connectivity index (χ2v) is 8.54. The Kier molecular flexibility index (Phi) is 3.81. The molecule has 0 saturated carbocycles. The normalized spacial score (nSPS) is 30.8. The van der Waals surface area contributed by atoms with E-state index in [9.17, 15) is 4.79 Å². The number of nitrogens with zero attached hydrogens (tertiary/aromatic N) is 1. The van der Waals surface area contributed by atoms with Crippen LogP contribution < -0.4 is 10.1 Å². The molecule has 3 aliphatic rings. The van der Waals surface area contributed by atoms with Crippen molar-refractivity contribution in [2.24, 2.45) is 0 Å². The topological polar surface area (TPSA) is 41.6 Å². The van der Waals surface area contributed by atoms with E-state index in [1.165, 1.54) is 12.8 Å². The van der Waals surface area contributed by atoms with Gasteiger partial charge in [0.25, 0.3) is 5.91 Å². The molecule has 1 aromatic carbocycles. The number of carbonyl (C=O) groups excluding carboxylic acids is 1. The van der Waals surface area contributed by atoms with Crippen LogP contribution in [0.25, 0.3) is 0 Å². The van der Waals surface area contributed by atoms with Crippen LogP contribution in [0.3, 0.4) is 0 Å². The number of hydrogen-bond donors (Lipinski definition) is 1. The van der Waals surface area contributed by atoms with Crippen molar-refractivity contribution in [2.75, 3.05) is 7.05 Å². The van der Waals surface area contributed by atoms with Crippen LogP contribution in [0.1, 0.15) is 55.5 Å². The molecule has 4 nitrogen and oxygen atoms in total. The first-order valence-corrected chi connectivity index (χ1v) is 9.25. The van der Waals surface area contributed by atoms with E-state index in [0.717, 1.165) is 24.8 Å². The molecular formula is C19H25ClN2O2. The Morgan fingerprint density at radius 1 is 1.29 bits per heavy atom. The molecule has 1 aromatic rings. The second-order valence-electron chi connectivity index (χ2n) is 8.13. The van der Waals surface area contributed by atoms with Gasteiger partial charge in [-0.15, -0.1) is 0 Å². The van der Waals surface area contributed by atoms with Crippen LogP contribution >= 0.6 is 11.6 Å². The maximum absolute atomic E-state index is 12.9. The smallest absolute Gasteiger partial charge is 0.255 e. The fraction of sp³-hybridized carbons (Fsp3) is 0.632. The van der Waals surface area contributed by atoms with Crippen molar-refractivity contribution in [1.82, 2.24) is 10.2 Å². The minimum Gasteiger partial charge on any atom is -0.486 e. The summed E-state index contributed by atoms with van der Waals surface area (Å²) in [5.74, 6) is 0.635. The third kappa shape index (κ3) is 2.70. The molecule has 0 radical (unpaired) electrons. The quantitative estimate of drug-likeness (QED) is 0.890. The molecule has 2 atom stereocenters. The van der Waals surface area contributed by atoms with E-state index in [-0.39, 0.29) is 17.6 Å². The number of nitrogens with one attached hydrogen (secondary N) is 1. The predicted octanol–water partition coefficient (Wildman–Crippen LogP) is 3.41. The monoisotopic (exact) mass is 348 g/mol. The SMILES string of the molecule is CN1C2CCC1CC(NC(=O)c1ccc(Cl)c3c1OC(C)(C)C3)C2. The molecule has 0 spiro atoms. The van der Waals surface area contributed by atoms with E-state index in [0.29, 0.717) is 28.4 Å². The van der Waals surface area contributed by atoms with Gasteiger partial charge in [-0.3, -0.25) is 4.79 Å². The standard InChI is InChI=1S/C19H25ClN2O2/c1-19(2)10-15-16(20)7-6-14(17(15)24-19)18(23)21-11-8-12-4-5-13(9-11)22(12)3/h6-7,11-13H,4-5,8-10H2,1-3H3,(H,21,23). The molecular weight excluding hydrogens is 324 g/mol. The molecule has 5 heteroatoms. The summed E-state index contributed by atoms with van der Waals surface area (Å²) in [6.07, 6.45) is 5.32. The zero-order chi connectivity index (χ0) is 17.1. The summed E-state index contributed by atoms with van der Waals surface area (Å²) in [6.45, 7) is 4.05. The van der Waals surface area contributed by atoms with Crippen molar-refractivity contribution in [3.05, 3.63) is 28.3 Å². The summed E-state index contributed by atoms with van der Waals surface area (Å²) in [7, 11) is 2.21. The second kappa shape index (κ2) is 5.63. The van der Waals surface area contributed by atoms with Gasteiger partial charge in [-0.25, -0.2) is 0 Å². The van der Waals surface area contributed by atoms with Crippen molar-refractivity contribution in [3.63, 3.8) is 0 Å². The Morgan fingerprint density at radius 3 is 2.62 bits per heavy atom. The number of piperidine rings is 1. The predicted molar refractivity (Wildman–Crippen MR) is 94.9 cm³/mol. The molecule has 1 amide bonds.